The molecular weight excluding hydrogens is 224 g/mol. The van der Waals surface area contributed by atoms with Crippen LogP contribution >= 0.6 is 0 Å². The maximum absolute atomic E-state index is 5.98. The van der Waals surface area contributed by atoms with Crippen molar-refractivity contribution < 1.29 is 4.74 Å². The van der Waals surface area contributed by atoms with Crippen LogP contribution in [-0.4, -0.2) is 31.6 Å². The third kappa shape index (κ3) is 2.85. The Balaban J connectivity index is 2.18. The Kier molecular flexibility index (Phi) is 4.61. The summed E-state index contributed by atoms with van der Waals surface area (Å²) in [5, 5.41) is 0. The minimum atomic E-state index is 0.356. The molecule has 2 N–H and O–H groups in total. The van der Waals surface area contributed by atoms with Gasteiger partial charge in [-0.25, -0.2) is 0 Å². The zero-order valence-corrected chi connectivity index (χ0v) is 11.5. The maximum atomic E-state index is 5.98. The molecular formula is C15H24N2O. The van der Waals surface area contributed by atoms with E-state index in [1.54, 1.807) is 7.11 Å². The maximum Gasteiger partial charge on any atom is 0.121 e. The van der Waals surface area contributed by atoms with E-state index in [1.807, 2.05) is 0 Å². The van der Waals surface area contributed by atoms with Gasteiger partial charge in [-0.3, -0.25) is 4.90 Å². The fourth-order valence-corrected chi connectivity index (χ4v) is 2.83. The van der Waals surface area contributed by atoms with Gasteiger partial charge in [-0.05, 0) is 50.0 Å². The van der Waals surface area contributed by atoms with E-state index in [0.717, 1.165) is 5.75 Å². The molecule has 1 heterocycles. The van der Waals surface area contributed by atoms with Crippen molar-refractivity contribution in [1.29, 1.82) is 0 Å². The molecule has 0 bridgehead atoms. The quantitative estimate of drug-likeness (QED) is 0.889. The summed E-state index contributed by atoms with van der Waals surface area (Å²) < 4.78 is 5.31. The van der Waals surface area contributed by atoms with E-state index in [0.29, 0.717) is 12.6 Å². The highest BCUT2D eigenvalue weighted by Crippen LogP contribution is 2.27. The summed E-state index contributed by atoms with van der Waals surface area (Å²) in [7, 11) is 1.72. The standard InChI is InChI=1S/C15H24N2O/c1-12-10-13(6-7-15(12)18-2)14(11-16)17-8-4-3-5-9-17/h6-7,10,14H,3-5,8-9,11,16H2,1-2H3. The summed E-state index contributed by atoms with van der Waals surface area (Å²) >= 11 is 0. The van der Waals surface area contributed by atoms with Crippen LogP contribution in [0.25, 0.3) is 0 Å². The second kappa shape index (κ2) is 6.21. The topological polar surface area (TPSA) is 38.5 Å². The molecule has 0 saturated carbocycles. The fourth-order valence-electron chi connectivity index (χ4n) is 2.83. The third-order valence-corrected chi connectivity index (χ3v) is 3.86. The smallest absolute Gasteiger partial charge is 0.121 e. The number of hydrogen-bond acceptors (Lipinski definition) is 3. The molecule has 1 aliphatic rings. The second-order valence-corrected chi connectivity index (χ2v) is 5.08. The van der Waals surface area contributed by atoms with Crippen LogP contribution in [0, 0.1) is 6.92 Å². The zero-order chi connectivity index (χ0) is 13.0. The van der Waals surface area contributed by atoms with Crippen LogP contribution in [0.5, 0.6) is 5.75 Å². The van der Waals surface area contributed by atoms with Crippen molar-refractivity contribution in [3.05, 3.63) is 29.3 Å². The molecule has 1 fully saturated rings. The first-order valence-corrected chi connectivity index (χ1v) is 6.85. The first kappa shape index (κ1) is 13.4. The Morgan fingerprint density at radius 1 is 1.28 bits per heavy atom. The Labute approximate surface area is 110 Å². The van der Waals surface area contributed by atoms with Gasteiger partial charge in [-0.1, -0.05) is 18.6 Å². The van der Waals surface area contributed by atoms with Crippen molar-refractivity contribution in [2.75, 3.05) is 26.7 Å². The third-order valence-electron chi connectivity index (χ3n) is 3.86. The number of likely N-dealkylation sites (tertiary alicyclic amines) is 1. The molecule has 0 spiro atoms. The molecule has 2 rings (SSSR count). The molecule has 1 unspecified atom stereocenters. The normalized spacial score (nSPS) is 18.6. The van der Waals surface area contributed by atoms with E-state index in [-0.39, 0.29) is 0 Å². The van der Waals surface area contributed by atoms with Crippen molar-refractivity contribution in [2.45, 2.75) is 32.2 Å². The van der Waals surface area contributed by atoms with Gasteiger partial charge in [-0.2, -0.15) is 0 Å². The number of ether oxygens (including phenoxy) is 1. The number of nitrogens with zero attached hydrogens (tertiary/aromatic N) is 1. The Morgan fingerprint density at radius 2 is 2.00 bits per heavy atom. The van der Waals surface area contributed by atoms with E-state index in [1.165, 1.54) is 43.5 Å². The SMILES string of the molecule is COc1ccc(C(CN)N2CCCCC2)cc1C. The van der Waals surface area contributed by atoms with Crippen LogP contribution in [-0.2, 0) is 0 Å². The summed E-state index contributed by atoms with van der Waals surface area (Å²) in [6.07, 6.45) is 3.95. The predicted octanol–water partition coefficient (Wildman–Crippen LogP) is 2.49. The summed E-state index contributed by atoms with van der Waals surface area (Å²) in [6, 6.07) is 6.77. The number of hydrogen-bond donors (Lipinski definition) is 1. The molecule has 3 heteroatoms. The monoisotopic (exact) mass is 248 g/mol. The summed E-state index contributed by atoms with van der Waals surface area (Å²) in [5.41, 5.74) is 8.49. The molecule has 1 aliphatic heterocycles. The van der Waals surface area contributed by atoms with Crippen LogP contribution in [0.2, 0.25) is 0 Å². The van der Waals surface area contributed by atoms with Crippen molar-refractivity contribution in [1.82, 2.24) is 4.90 Å². The summed E-state index contributed by atoms with van der Waals surface area (Å²) in [6.45, 7) is 5.12. The van der Waals surface area contributed by atoms with Crippen LogP contribution in [0.3, 0.4) is 0 Å². The van der Waals surface area contributed by atoms with E-state index in [4.69, 9.17) is 10.5 Å². The highest BCUT2D eigenvalue weighted by atomic mass is 16.5. The van der Waals surface area contributed by atoms with Crippen molar-refractivity contribution in [3.8, 4) is 5.75 Å². The van der Waals surface area contributed by atoms with Crippen LogP contribution in [0.15, 0.2) is 18.2 Å². The predicted molar refractivity (Wildman–Crippen MR) is 75.0 cm³/mol. The highest BCUT2D eigenvalue weighted by Gasteiger charge is 2.21. The van der Waals surface area contributed by atoms with E-state index in [9.17, 15) is 0 Å². The number of benzene rings is 1. The van der Waals surface area contributed by atoms with Gasteiger partial charge < -0.3 is 10.5 Å². The van der Waals surface area contributed by atoms with Gasteiger partial charge in [-0.15, -0.1) is 0 Å². The minimum absolute atomic E-state index is 0.356. The Bertz CT molecular complexity index is 386. The van der Waals surface area contributed by atoms with Crippen molar-refractivity contribution >= 4 is 0 Å². The van der Waals surface area contributed by atoms with Gasteiger partial charge in [0.05, 0.1) is 7.11 Å². The molecule has 18 heavy (non-hydrogen) atoms. The molecule has 0 amide bonds. The minimum Gasteiger partial charge on any atom is -0.496 e. The molecule has 0 radical (unpaired) electrons. The summed E-state index contributed by atoms with van der Waals surface area (Å²) in [5.74, 6) is 0.952. The lowest BCUT2D eigenvalue weighted by atomic mass is 10.00. The number of piperidine rings is 1. The lowest BCUT2D eigenvalue weighted by Gasteiger charge is -2.34. The molecule has 0 aromatic heterocycles. The van der Waals surface area contributed by atoms with Gasteiger partial charge in [0, 0.05) is 12.6 Å². The molecule has 1 saturated heterocycles. The molecule has 100 valence electrons. The average molecular weight is 248 g/mol. The van der Waals surface area contributed by atoms with Gasteiger partial charge in [0.15, 0.2) is 0 Å². The molecule has 3 nitrogen and oxygen atoms in total. The number of aryl methyl sites for hydroxylation is 1. The first-order valence-electron chi connectivity index (χ1n) is 6.85. The second-order valence-electron chi connectivity index (χ2n) is 5.08. The largest absolute Gasteiger partial charge is 0.496 e. The van der Waals surface area contributed by atoms with Crippen LogP contribution in [0.1, 0.15) is 36.4 Å². The summed E-state index contributed by atoms with van der Waals surface area (Å²) in [4.78, 5) is 2.52. The number of nitrogens with two attached hydrogens (primary N) is 1. The highest BCUT2D eigenvalue weighted by molar-refractivity contribution is 5.37. The van der Waals surface area contributed by atoms with E-state index in [2.05, 4.69) is 30.0 Å². The zero-order valence-electron chi connectivity index (χ0n) is 11.5. The number of methoxy groups -OCH3 is 1. The fraction of sp³-hybridized carbons (Fsp3) is 0.600. The molecule has 1 aromatic carbocycles. The molecule has 1 aromatic rings. The Hall–Kier alpha value is -1.06. The molecule has 1 atom stereocenters. The van der Waals surface area contributed by atoms with Gasteiger partial charge in [0.2, 0.25) is 0 Å². The van der Waals surface area contributed by atoms with Crippen LogP contribution in [0.4, 0.5) is 0 Å². The van der Waals surface area contributed by atoms with E-state index < -0.39 is 0 Å². The average Bonchev–Trinajstić information content (AvgIpc) is 2.41. The first-order chi connectivity index (χ1) is 8.76. The van der Waals surface area contributed by atoms with E-state index >= 15 is 0 Å². The van der Waals surface area contributed by atoms with Gasteiger partial charge >= 0.3 is 0 Å². The van der Waals surface area contributed by atoms with Crippen molar-refractivity contribution in [2.24, 2.45) is 5.73 Å². The lowest BCUT2D eigenvalue weighted by Crippen LogP contribution is -2.37. The molecule has 0 aliphatic carbocycles. The van der Waals surface area contributed by atoms with Gasteiger partial charge in [0.1, 0.15) is 5.75 Å². The van der Waals surface area contributed by atoms with Gasteiger partial charge in [0.25, 0.3) is 0 Å². The van der Waals surface area contributed by atoms with Crippen LogP contribution < -0.4 is 10.5 Å². The Morgan fingerprint density at radius 3 is 2.56 bits per heavy atom. The lowest BCUT2D eigenvalue weighted by molar-refractivity contribution is 0.167. The van der Waals surface area contributed by atoms with Crippen molar-refractivity contribution in [3.63, 3.8) is 0 Å². The number of rotatable bonds is 4.